The number of urea groups is 1. The minimum absolute atomic E-state index is 0.177. The highest BCUT2D eigenvalue weighted by molar-refractivity contribution is 5.89. The van der Waals surface area contributed by atoms with Crippen LogP contribution in [0.15, 0.2) is 48.5 Å². The first-order chi connectivity index (χ1) is 13.7. The van der Waals surface area contributed by atoms with Gasteiger partial charge in [0.15, 0.2) is 0 Å². The maximum absolute atomic E-state index is 12.4. The third-order valence-corrected chi connectivity index (χ3v) is 5.42. The normalized spacial score (nSPS) is 14.5. The summed E-state index contributed by atoms with van der Waals surface area (Å²) in [5.74, 6) is 0. The van der Waals surface area contributed by atoms with Gasteiger partial charge in [-0.15, -0.1) is 0 Å². The van der Waals surface area contributed by atoms with Crippen LogP contribution in [0, 0.1) is 0 Å². The third kappa shape index (κ3) is 5.73. The Hall–Kier alpha value is -2.53. The van der Waals surface area contributed by atoms with Crippen molar-refractivity contribution in [1.29, 1.82) is 0 Å². The average molecular weight is 381 g/mol. The summed E-state index contributed by atoms with van der Waals surface area (Å²) in [5.41, 5.74) is 4.38. The highest BCUT2D eigenvalue weighted by atomic mass is 16.2. The summed E-state index contributed by atoms with van der Waals surface area (Å²) in [5, 5.41) is 5.95. The SMILES string of the molecule is CCN(C)c1cccc(NC(=O)NCc2ccccc2CN2CCCCC2)c1. The quantitative estimate of drug-likeness (QED) is 0.746. The van der Waals surface area contributed by atoms with Crippen molar-refractivity contribution in [2.75, 3.05) is 36.9 Å². The van der Waals surface area contributed by atoms with Crippen LogP contribution in [0.25, 0.3) is 0 Å². The van der Waals surface area contributed by atoms with Crippen molar-refractivity contribution < 1.29 is 4.79 Å². The molecule has 1 fully saturated rings. The summed E-state index contributed by atoms with van der Waals surface area (Å²) in [6.45, 7) is 6.86. The number of carbonyl (C=O) groups is 1. The summed E-state index contributed by atoms with van der Waals surface area (Å²) < 4.78 is 0. The molecule has 0 atom stereocenters. The predicted octanol–water partition coefficient (Wildman–Crippen LogP) is 4.45. The van der Waals surface area contributed by atoms with Gasteiger partial charge < -0.3 is 15.5 Å². The summed E-state index contributed by atoms with van der Waals surface area (Å²) in [4.78, 5) is 17.0. The van der Waals surface area contributed by atoms with E-state index in [1.54, 1.807) is 0 Å². The zero-order valence-electron chi connectivity index (χ0n) is 17.1. The number of carbonyl (C=O) groups excluding carboxylic acids is 1. The molecule has 0 unspecified atom stereocenters. The second-order valence-electron chi connectivity index (χ2n) is 7.48. The summed E-state index contributed by atoms with van der Waals surface area (Å²) in [6, 6.07) is 16.1. The van der Waals surface area contributed by atoms with Crippen molar-refractivity contribution in [3.63, 3.8) is 0 Å². The van der Waals surface area contributed by atoms with Crippen LogP contribution in [-0.2, 0) is 13.1 Å². The molecular weight excluding hydrogens is 348 g/mol. The van der Waals surface area contributed by atoms with Crippen LogP contribution in [0.1, 0.15) is 37.3 Å². The molecule has 5 nitrogen and oxygen atoms in total. The molecule has 0 aliphatic carbocycles. The number of nitrogens with one attached hydrogen (secondary N) is 2. The van der Waals surface area contributed by atoms with Gasteiger partial charge >= 0.3 is 6.03 Å². The molecule has 1 aliphatic heterocycles. The van der Waals surface area contributed by atoms with E-state index in [0.29, 0.717) is 6.54 Å². The van der Waals surface area contributed by atoms with Gasteiger partial charge in [-0.1, -0.05) is 36.8 Å². The Morgan fingerprint density at radius 1 is 1.04 bits per heavy atom. The second kappa shape index (κ2) is 10.1. The molecule has 0 spiro atoms. The molecule has 2 aromatic carbocycles. The van der Waals surface area contributed by atoms with Crippen LogP contribution in [0.2, 0.25) is 0 Å². The molecule has 0 saturated carbocycles. The van der Waals surface area contributed by atoms with Gasteiger partial charge in [-0.3, -0.25) is 4.90 Å². The number of nitrogens with zero attached hydrogens (tertiary/aromatic N) is 2. The first kappa shape index (κ1) is 20.2. The highest BCUT2D eigenvalue weighted by Gasteiger charge is 2.13. The van der Waals surface area contributed by atoms with Gasteiger partial charge in [0, 0.05) is 38.1 Å². The molecular formula is C23H32N4O. The van der Waals surface area contributed by atoms with E-state index in [1.807, 2.05) is 37.4 Å². The molecule has 150 valence electrons. The van der Waals surface area contributed by atoms with Crippen LogP contribution in [0.4, 0.5) is 16.2 Å². The van der Waals surface area contributed by atoms with Crippen LogP contribution in [-0.4, -0.2) is 37.6 Å². The maximum Gasteiger partial charge on any atom is 0.319 e. The molecule has 2 amide bonds. The molecule has 3 rings (SSSR count). The van der Waals surface area contributed by atoms with Crippen LogP contribution in [0.3, 0.4) is 0 Å². The fraction of sp³-hybridized carbons (Fsp3) is 0.435. The lowest BCUT2D eigenvalue weighted by atomic mass is 10.0. The molecule has 0 radical (unpaired) electrons. The molecule has 5 heteroatoms. The molecule has 0 aromatic heterocycles. The number of rotatable bonds is 7. The Kier molecular flexibility index (Phi) is 7.31. The Morgan fingerprint density at radius 2 is 1.79 bits per heavy atom. The van der Waals surface area contributed by atoms with Gasteiger partial charge in [0.05, 0.1) is 0 Å². The zero-order chi connectivity index (χ0) is 19.8. The third-order valence-electron chi connectivity index (χ3n) is 5.42. The fourth-order valence-electron chi connectivity index (χ4n) is 3.60. The van der Waals surface area contributed by atoms with E-state index in [-0.39, 0.29) is 6.03 Å². The summed E-state index contributed by atoms with van der Waals surface area (Å²) >= 11 is 0. The number of benzene rings is 2. The molecule has 0 bridgehead atoms. The molecule has 28 heavy (non-hydrogen) atoms. The van der Waals surface area contributed by atoms with Gasteiger partial charge in [0.25, 0.3) is 0 Å². The van der Waals surface area contributed by atoms with E-state index in [9.17, 15) is 4.79 Å². The van der Waals surface area contributed by atoms with Gasteiger partial charge in [0.1, 0.15) is 0 Å². The van der Waals surface area contributed by atoms with Gasteiger partial charge in [-0.2, -0.15) is 0 Å². The second-order valence-corrected chi connectivity index (χ2v) is 7.48. The minimum atomic E-state index is -0.177. The van der Waals surface area contributed by atoms with Crippen molar-refractivity contribution >= 4 is 17.4 Å². The van der Waals surface area contributed by atoms with E-state index in [0.717, 1.165) is 24.5 Å². The van der Waals surface area contributed by atoms with Gasteiger partial charge in [-0.25, -0.2) is 4.79 Å². The lowest BCUT2D eigenvalue weighted by molar-refractivity contribution is 0.220. The highest BCUT2D eigenvalue weighted by Crippen LogP contribution is 2.19. The van der Waals surface area contributed by atoms with Crippen molar-refractivity contribution in [2.45, 2.75) is 39.3 Å². The lowest BCUT2D eigenvalue weighted by Crippen LogP contribution is -2.31. The topological polar surface area (TPSA) is 47.6 Å². The number of anilines is 2. The number of likely N-dealkylation sites (tertiary alicyclic amines) is 1. The minimum Gasteiger partial charge on any atom is -0.375 e. The van der Waals surface area contributed by atoms with Crippen LogP contribution in [0.5, 0.6) is 0 Å². The molecule has 1 heterocycles. The fourth-order valence-corrected chi connectivity index (χ4v) is 3.60. The standard InChI is InChI=1S/C23H32N4O/c1-3-26(2)22-13-9-12-21(16-22)25-23(28)24-17-19-10-5-6-11-20(19)18-27-14-7-4-8-15-27/h5-6,9-13,16H,3-4,7-8,14-15,17-18H2,1-2H3,(H2,24,25,28). The predicted molar refractivity (Wildman–Crippen MR) is 117 cm³/mol. The summed E-state index contributed by atoms with van der Waals surface area (Å²) in [6.07, 6.45) is 3.92. The molecule has 2 aromatic rings. The van der Waals surface area contributed by atoms with Crippen molar-refractivity contribution in [3.8, 4) is 0 Å². The Bertz CT molecular complexity index is 771. The number of hydrogen-bond acceptors (Lipinski definition) is 3. The van der Waals surface area contributed by atoms with E-state index in [1.165, 1.54) is 43.5 Å². The van der Waals surface area contributed by atoms with Gasteiger partial charge in [0.2, 0.25) is 0 Å². The maximum atomic E-state index is 12.4. The van der Waals surface area contributed by atoms with Gasteiger partial charge in [-0.05, 0) is 62.2 Å². The Morgan fingerprint density at radius 3 is 2.54 bits per heavy atom. The lowest BCUT2D eigenvalue weighted by Gasteiger charge is -2.27. The first-order valence-corrected chi connectivity index (χ1v) is 10.3. The van der Waals surface area contributed by atoms with E-state index in [2.05, 4.69) is 45.6 Å². The molecule has 1 saturated heterocycles. The number of amides is 2. The largest absolute Gasteiger partial charge is 0.375 e. The molecule has 2 N–H and O–H groups in total. The number of piperidine rings is 1. The molecule has 1 aliphatic rings. The van der Waals surface area contributed by atoms with Crippen molar-refractivity contribution in [2.24, 2.45) is 0 Å². The van der Waals surface area contributed by atoms with E-state index >= 15 is 0 Å². The van der Waals surface area contributed by atoms with E-state index < -0.39 is 0 Å². The Balaban J connectivity index is 1.56. The van der Waals surface area contributed by atoms with Crippen molar-refractivity contribution in [1.82, 2.24) is 10.2 Å². The van der Waals surface area contributed by atoms with E-state index in [4.69, 9.17) is 0 Å². The number of hydrogen-bond donors (Lipinski definition) is 2. The zero-order valence-corrected chi connectivity index (χ0v) is 17.1. The van der Waals surface area contributed by atoms with Crippen LogP contribution >= 0.6 is 0 Å². The Labute approximate surface area is 168 Å². The summed E-state index contributed by atoms with van der Waals surface area (Å²) in [7, 11) is 2.04. The monoisotopic (exact) mass is 380 g/mol. The average Bonchev–Trinajstić information content (AvgIpc) is 2.73. The first-order valence-electron chi connectivity index (χ1n) is 10.3. The smallest absolute Gasteiger partial charge is 0.319 e. The van der Waals surface area contributed by atoms with Crippen molar-refractivity contribution in [3.05, 3.63) is 59.7 Å². The van der Waals surface area contributed by atoms with Crippen LogP contribution < -0.4 is 15.5 Å².